The van der Waals surface area contributed by atoms with Crippen molar-refractivity contribution in [3.63, 3.8) is 0 Å². The first-order chi connectivity index (χ1) is 9.37. The molecule has 116 valence electrons. The van der Waals surface area contributed by atoms with Crippen LogP contribution in [0.4, 0.5) is 3.89 Å². The highest BCUT2D eigenvalue weighted by Gasteiger charge is 2.23. The van der Waals surface area contributed by atoms with Crippen molar-refractivity contribution in [2.45, 2.75) is 26.4 Å². The maximum absolute atomic E-state index is 12.5. The molecule has 0 heterocycles. The van der Waals surface area contributed by atoms with Crippen LogP contribution < -0.4 is 9.65 Å². The van der Waals surface area contributed by atoms with Gasteiger partial charge < -0.3 is 19.0 Å². The van der Waals surface area contributed by atoms with Crippen molar-refractivity contribution in [1.29, 1.82) is 0 Å². The summed E-state index contributed by atoms with van der Waals surface area (Å²) in [6, 6.07) is 2.85. The molecule has 0 bridgehead atoms. The van der Waals surface area contributed by atoms with E-state index in [2.05, 4.69) is 4.18 Å². The van der Waals surface area contributed by atoms with Crippen molar-refractivity contribution in [2.24, 2.45) is 0 Å². The Bertz CT molecular complexity index is 636. The lowest BCUT2D eigenvalue weighted by Crippen LogP contribution is -2.31. The van der Waals surface area contributed by atoms with Crippen LogP contribution in [0.5, 0.6) is 5.75 Å². The summed E-state index contributed by atoms with van der Waals surface area (Å²) >= 11 is 0. The second-order valence-corrected chi connectivity index (χ2v) is 6.10. The van der Waals surface area contributed by atoms with E-state index in [0.29, 0.717) is 0 Å². The molecule has 21 heavy (non-hydrogen) atoms. The third-order valence-corrected chi connectivity index (χ3v) is 2.45. The average molecular weight is 320 g/mol. The summed E-state index contributed by atoms with van der Waals surface area (Å²) in [5.41, 5.74) is -1.29. The Kier molecular flexibility index (Phi) is 4.97. The predicted octanol–water partition coefficient (Wildman–Crippen LogP) is -0.0852. The van der Waals surface area contributed by atoms with Gasteiger partial charge in [0.15, 0.2) is 0 Å². The van der Waals surface area contributed by atoms with Gasteiger partial charge >= 0.3 is 23.6 Å². The molecule has 2 N–H and O–H groups in total. The van der Waals surface area contributed by atoms with Crippen LogP contribution in [-0.4, -0.2) is 37.2 Å². The quantitative estimate of drug-likeness (QED) is 0.453. The SMILES string of the molecule is CC(C)(C)OC(=O)c1cc(OS(=O)(=O)F)cc(B(O)O)c1. The second kappa shape index (κ2) is 6.00. The molecule has 0 atom stereocenters. The van der Waals surface area contributed by atoms with E-state index in [-0.39, 0.29) is 11.0 Å². The number of benzene rings is 1. The van der Waals surface area contributed by atoms with Crippen molar-refractivity contribution in [1.82, 2.24) is 0 Å². The highest BCUT2D eigenvalue weighted by atomic mass is 32.3. The fourth-order valence-electron chi connectivity index (χ4n) is 1.39. The van der Waals surface area contributed by atoms with Crippen LogP contribution in [-0.2, 0) is 15.2 Å². The van der Waals surface area contributed by atoms with Crippen molar-refractivity contribution in [3.05, 3.63) is 23.8 Å². The Morgan fingerprint density at radius 3 is 2.24 bits per heavy atom. The van der Waals surface area contributed by atoms with Gasteiger partial charge in [0, 0.05) is 0 Å². The number of carbonyl (C=O) groups is 1. The third-order valence-electron chi connectivity index (χ3n) is 2.06. The second-order valence-electron chi connectivity index (χ2n) is 5.14. The Hall–Kier alpha value is -1.65. The standard InChI is InChI=1S/C11H14BFO7S/c1-11(2,3)19-10(14)7-4-8(12(15)16)6-9(5-7)20-21(13,17)18/h4-6,15-16H,1-3H3. The number of hydrogen-bond acceptors (Lipinski definition) is 7. The summed E-state index contributed by atoms with van der Waals surface area (Å²) in [7, 11) is -7.32. The van der Waals surface area contributed by atoms with E-state index in [1.54, 1.807) is 20.8 Å². The van der Waals surface area contributed by atoms with E-state index >= 15 is 0 Å². The Morgan fingerprint density at radius 1 is 1.24 bits per heavy atom. The molecular formula is C11H14BFO7S. The summed E-state index contributed by atoms with van der Waals surface area (Å²) in [6.45, 7) is 4.83. The van der Waals surface area contributed by atoms with Gasteiger partial charge in [0.1, 0.15) is 11.4 Å². The lowest BCUT2D eigenvalue weighted by Gasteiger charge is -2.20. The lowest BCUT2D eigenvalue weighted by molar-refractivity contribution is 0.00692. The number of rotatable bonds is 4. The van der Waals surface area contributed by atoms with E-state index in [0.717, 1.165) is 18.2 Å². The summed E-state index contributed by atoms with van der Waals surface area (Å²) in [4.78, 5) is 11.9. The molecule has 0 aliphatic rings. The van der Waals surface area contributed by atoms with Gasteiger partial charge in [0.2, 0.25) is 0 Å². The molecule has 0 amide bonds. The van der Waals surface area contributed by atoms with E-state index in [1.807, 2.05) is 0 Å². The predicted molar refractivity (Wildman–Crippen MR) is 72.1 cm³/mol. The number of carbonyl (C=O) groups excluding carboxylic acids is 1. The normalized spacial score (nSPS) is 11.9. The van der Waals surface area contributed by atoms with Gasteiger partial charge in [-0.15, -0.1) is 0 Å². The van der Waals surface area contributed by atoms with Gasteiger partial charge in [0.05, 0.1) is 5.56 Å². The van der Waals surface area contributed by atoms with E-state index < -0.39 is 34.9 Å². The fourth-order valence-corrected chi connectivity index (χ4v) is 1.72. The number of hydrogen-bond donors (Lipinski definition) is 2. The van der Waals surface area contributed by atoms with Crippen molar-refractivity contribution in [2.75, 3.05) is 0 Å². The van der Waals surface area contributed by atoms with Crippen LogP contribution in [0.1, 0.15) is 31.1 Å². The minimum Gasteiger partial charge on any atom is -0.456 e. The van der Waals surface area contributed by atoms with Crippen LogP contribution in [0.25, 0.3) is 0 Å². The molecule has 1 aromatic carbocycles. The molecule has 1 rings (SSSR count). The number of esters is 1. The Morgan fingerprint density at radius 2 is 1.81 bits per heavy atom. The molecule has 0 saturated carbocycles. The zero-order chi connectivity index (χ0) is 16.4. The minimum atomic E-state index is -5.31. The Balaban J connectivity index is 3.23. The zero-order valence-corrected chi connectivity index (χ0v) is 12.3. The lowest BCUT2D eigenvalue weighted by atomic mass is 9.79. The minimum absolute atomic E-state index is 0.214. The van der Waals surface area contributed by atoms with Crippen molar-refractivity contribution < 1.29 is 36.1 Å². The van der Waals surface area contributed by atoms with Gasteiger partial charge in [-0.05, 0) is 44.4 Å². The molecule has 0 aromatic heterocycles. The first kappa shape index (κ1) is 17.4. The van der Waals surface area contributed by atoms with Gasteiger partial charge in [-0.25, -0.2) is 4.79 Å². The van der Waals surface area contributed by atoms with Crippen LogP contribution in [0.3, 0.4) is 0 Å². The van der Waals surface area contributed by atoms with Gasteiger partial charge in [-0.1, -0.05) is 3.89 Å². The molecule has 0 fully saturated rings. The molecule has 0 aliphatic heterocycles. The molecule has 0 radical (unpaired) electrons. The first-order valence-corrected chi connectivity index (χ1v) is 7.07. The van der Waals surface area contributed by atoms with Crippen molar-refractivity contribution in [3.8, 4) is 5.75 Å². The average Bonchev–Trinajstić information content (AvgIpc) is 2.23. The number of halogens is 1. The van der Waals surface area contributed by atoms with Crippen LogP contribution in [0, 0.1) is 0 Å². The molecule has 0 spiro atoms. The van der Waals surface area contributed by atoms with E-state index in [4.69, 9.17) is 14.8 Å². The highest BCUT2D eigenvalue weighted by molar-refractivity contribution is 7.81. The monoisotopic (exact) mass is 320 g/mol. The van der Waals surface area contributed by atoms with E-state index in [9.17, 15) is 17.1 Å². The molecule has 1 aromatic rings. The highest BCUT2D eigenvalue weighted by Crippen LogP contribution is 2.18. The zero-order valence-electron chi connectivity index (χ0n) is 11.5. The summed E-state index contributed by atoms with van der Waals surface area (Å²) in [5.74, 6) is -1.44. The molecule has 7 nitrogen and oxygen atoms in total. The van der Waals surface area contributed by atoms with Gasteiger partial charge in [-0.2, -0.15) is 8.42 Å². The topological polar surface area (TPSA) is 110 Å². The Labute approximate surface area is 121 Å². The molecule has 0 unspecified atom stereocenters. The van der Waals surface area contributed by atoms with Crippen LogP contribution in [0.15, 0.2) is 18.2 Å². The van der Waals surface area contributed by atoms with Crippen LogP contribution >= 0.6 is 0 Å². The molecular weight excluding hydrogens is 306 g/mol. The fraction of sp³-hybridized carbons (Fsp3) is 0.364. The number of ether oxygens (including phenoxy) is 1. The smallest absolute Gasteiger partial charge is 0.456 e. The van der Waals surface area contributed by atoms with Gasteiger partial charge in [-0.3, -0.25) is 0 Å². The van der Waals surface area contributed by atoms with Crippen molar-refractivity contribution >= 4 is 29.1 Å². The third kappa shape index (κ3) is 6.11. The van der Waals surface area contributed by atoms with Gasteiger partial charge in [0.25, 0.3) is 0 Å². The molecule has 10 heteroatoms. The summed E-state index contributed by atoms with van der Waals surface area (Å²) in [6.07, 6.45) is 0. The van der Waals surface area contributed by atoms with Crippen LogP contribution in [0.2, 0.25) is 0 Å². The first-order valence-electron chi connectivity index (χ1n) is 5.76. The summed E-state index contributed by atoms with van der Waals surface area (Å²) < 4.78 is 42.5. The van der Waals surface area contributed by atoms with E-state index in [1.165, 1.54) is 0 Å². The summed E-state index contributed by atoms with van der Waals surface area (Å²) in [5, 5.41) is 18.2. The largest absolute Gasteiger partial charge is 0.488 e. The molecule has 0 aliphatic carbocycles. The maximum Gasteiger partial charge on any atom is 0.488 e. The maximum atomic E-state index is 12.5. The molecule has 0 saturated heterocycles.